The van der Waals surface area contributed by atoms with Crippen molar-refractivity contribution >= 4 is 27.9 Å². The van der Waals surface area contributed by atoms with Crippen LogP contribution in [0.25, 0.3) is 0 Å². The maximum absolute atomic E-state index is 11.7. The second-order valence-corrected chi connectivity index (χ2v) is 4.85. The molecule has 0 radical (unpaired) electrons. The average Bonchev–Trinajstić information content (AvgIpc) is 2.46. The smallest absolute Gasteiger partial charge is 0.320 e. The number of halogens is 1. The average molecular weight is 283 g/mol. The third kappa shape index (κ3) is 1.61. The van der Waals surface area contributed by atoms with Crippen LogP contribution in [0, 0.1) is 6.92 Å². The number of carbonyl (C=O) groups is 2. The summed E-state index contributed by atoms with van der Waals surface area (Å²) in [6, 6.07) is 5.14. The monoisotopic (exact) mass is 282 g/mol. The topological polar surface area (TPSA) is 58.2 Å². The number of rotatable bonds is 1. The Balaban J connectivity index is 2.47. The fourth-order valence-electron chi connectivity index (χ4n) is 1.65. The van der Waals surface area contributed by atoms with Crippen LogP contribution in [0.5, 0.6) is 0 Å². The first-order valence-corrected chi connectivity index (χ1v) is 5.63. The normalized spacial score (nSPS) is 24.2. The van der Waals surface area contributed by atoms with Crippen molar-refractivity contribution in [2.45, 2.75) is 19.4 Å². The maximum Gasteiger partial charge on any atom is 0.322 e. The molecule has 1 aromatic rings. The van der Waals surface area contributed by atoms with Gasteiger partial charge in [0.15, 0.2) is 0 Å². The summed E-state index contributed by atoms with van der Waals surface area (Å²) in [4.78, 5) is 22.8. The Morgan fingerprint density at radius 1 is 1.31 bits per heavy atom. The number of urea groups is 1. The van der Waals surface area contributed by atoms with E-state index >= 15 is 0 Å². The molecule has 1 aliphatic rings. The van der Waals surface area contributed by atoms with E-state index in [1.165, 1.54) is 0 Å². The Kier molecular flexibility index (Phi) is 2.50. The van der Waals surface area contributed by atoms with Crippen molar-refractivity contribution in [1.82, 2.24) is 10.6 Å². The van der Waals surface area contributed by atoms with Gasteiger partial charge in [0.1, 0.15) is 5.54 Å². The number of aryl methyl sites for hydroxylation is 1. The third-order valence-electron chi connectivity index (χ3n) is 2.79. The van der Waals surface area contributed by atoms with Crippen LogP contribution < -0.4 is 10.6 Å². The minimum absolute atomic E-state index is 0.326. The van der Waals surface area contributed by atoms with E-state index in [1.807, 2.05) is 25.1 Å². The molecule has 0 aromatic heterocycles. The molecule has 2 N–H and O–H groups in total. The van der Waals surface area contributed by atoms with Gasteiger partial charge in [0.2, 0.25) is 0 Å². The van der Waals surface area contributed by atoms with Gasteiger partial charge in [0.25, 0.3) is 5.91 Å². The molecule has 1 heterocycles. The molecule has 1 atom stereocenters. The van der Waals surface area contributed by atoms with E-state index < -0.39 is 11.6 Å². The van der Waals surface area contributed by atoms with Crippen LogP contribution in [0.1, 0.15) is 18.1 Å². The summed E-state index contributed by atoms with van der Waals surface area (Å²) in [6.45, 7) is 3.65. The zero-order valence-electron chi connectivity index (χ0n) is 8.93. The van der Waals surface area contributed by atoms with E-state index in [0.717, 1.165) is 15.6 Å². The predicted octanol–water partition coefficient (Wildman–Crippen LogP) is 1.81. The summed E-state index contributed by atoms with van der Waals surface area (Å²) in [5, 5.41) is 4.86. The minimum Gasteiger partial charge on any atom is -0.320 e. The van der Waals surface area contributed by atoms with Crippen LogP contribution in [-0.4, -0.2) is 11.9 Å². The van der Waals surface area contributed by atoms with Gasteiger partial charge in [-0.25, -0.2) is 4.79 Å². The van der Waals surface area contributed by atoms with Gasteiger partial charge in [-0.05, 0) is 31.0 Å². The van der Waals surface area contributed by atoms with Crippen molar-refractivity contribution in [1.29, 1.82) is 0 Å². The highest BCUT2D eigenvalue weighted by Crippen LogP contribution is 2.28. The first kappa shape index (κ1) is 11.1. The Labute approximate surface area is 102 Å². The van der Waals surface area contributed by atoms with Crippen molar-refractivity contribution in [3.8, 4) is 0 Å². The van der Waals surface area contributed by atoms with Crippen LogP contribution in [0.15, 0.2) is 22.7 Å². The molecule has 1 aromatic carbocycles. The molecule has 1 saturated heterocycles. The molecule has 16 heavy (non-hydrogen) atoms. The van der Waals surface area contributed by atoms with Crippen molar-refractivity contribution < 1.29 is 9.59 Å². The summed E-state index contributed by atoms with van der Waals surface area (Å²) in [7, 11) is 0. The third-order valence-corrected chi connectivity index (χ3v) is 3.65. The molecular weight excluding hydrogens is 272 g/mol. The molecule has 2 rings (SSSR count). The Bertz CT molecular complexity index is 487. The lowest BCUT2D eigenvalue weighted by Gasteiger charge is -2.21. The summed E-state index contributed by atoms with van der Waals surface area (Å²) < 4.78 is 0.917. The van der Waals surface area contributed by atoms with Crippen LogP contribution in [0.2, 0.25) is 0 Å². The second-order valence-electron chi connectivity index (χ2n) is 4.00. The quantitative estimate of drug-likeness (QED) is 0.772. The van der Waals surface area contributed by atoms with Crippen molar-refractivity contribution in [2.75, 3.05) is 0 Å². The van der Waals surface area contributed by atoms with Gasteiger partial charge < -0.3 is 5.32 Å². The van der Waals surface area contributed by atoms with Crippen LogP contribution in [0.3, 0.4) is 0 Å². The zero-order chi connectivity index (χ0) is 11.9. The molecule has 84 valence electrons. The molecule has 1 fully saturated rings. The van der Waals surface area contributed by atoms with Gasteiger partial charge in [0.05, 0.1) is 0 Å². The minimum atomic E-state index is -0.979. The van der Waals surface area contributed by atoms with Gasteiger partial charge >= 0.3 is 6.03 Å². The molecule has 0 bridgehead atoms. The number of benzene rings is 1. The van der Waals surface area contributed by atoms with Crippen molar-refractivity contribution in [2.24, 2.45) is 0 Å². The molecule has 0 spiro atoms. The van der Waals surface area contributed by atoms with E-state index in [2.05, 4.69) is 26.6 Å². The zero-order valence-corrected chi connectivity index (χ0v) is 10.5. The van der Waals surface area contributed by atoms with Gasteiger partial charge in [-0.1, -0.05) is 28.1 Å². The summed E-state index contributed by atoms with van der Waals surface area (Å²) in [5.74, 6) is -0.326. The molecule has 1 aliphatic heterocycles. The molecular formula is C11H11BrN2O2. The van der Waals surface area contributed by atoms with Crippen LogP contribution in [-0.2, 0) is 10.3 Å². The Morgan fingerprint density at radius 2 is 2.00 bits per heavy atom. The fourth-order valence-corrected chi connectivity index (χ4v) is 2.03. The van der Waals surface area contributed by atoms with Gasteiger partial charge in [0, 0.05) is 4.47 Å². The highest BCUT2D eigenvalue weighted by Gasteiger charge is 2.43. The molecule has 0 saturated carbocycles. The first-order valence-electron chi connectivity index (χ1n) is 4.84. The Hall–Kier alpha value is -1.36. The van der Waals surface area contributed by atoms with Gasteiger partial charge in [-0.15, -0.1) is 0 Å². The van der Waals surface area contributed by atoms with E-state index in [9.17, 15) is 9.59 Å². The summed E-state index contributed by atoms with van der Waals surface area (Å²) in [6.07, 6.45) is 0. The molecule has 5 heteroatoms. The lowest BCUT2D eigenvalue weighted by molar-refractivity contribution is -0.123. The number of amides is 3. The Morgan fingerprint density at radius 3 is 2.50 bits per heavy atom. The van der Waals surface area contributed by atoms with Crippen molar-refractivity contribution in [3.63, 3.8) is 0 Å². The van der Waals surface area contributed by atoms with Gasteiger partial charge in [-0.3, -0.25) is 10.1 Å². The van der Waals surface area contributed by atoms with Crippen LogP contribution >= 0.6 is 15.9 Å². The highest BCUT2D eigenvalue weighted by molar-refractivity contribution is 9.10. The molecule has 4 nitrogen and oxygen atoms in total. The second kappa shape index (κ2) is 3.59. The first-order chi connectivity index (χ1) is 7.43. The van der Waals surface area contributed by atoms with E-state index in [-0.39, 0.29) is 5.91 Å². The number of nitrogens with one attached hydrogen (secondary N) is 2. The summed E-state index contributed by atoms with van der Waals surface area (Å²) in [5.41, 5.74) is 0.859. The number of imide groups is 1. The maximum atomic E-state index is 11.7. The molecule has 3 amide bonds. The SMILES string of the molecule is Cc1ccc(C2(C)NC(=O)NC2=O)cc1Br. The van der Waals surface area contributed by atoms with Gasteiger partial charge in [-0.2, -0.15) is 0 Å². The lowest BCUT2D eigenvalue weighted by atomic mass is 9.92. The number of hydrogen-bond acceptors (Lipinski definition) is 2. The predicted molar refractivity (Wildman–Crippen MR) is 62.9 cm³/mol. The van der Waals surface area contributed by atoms with Crippen LogP contribution in [0.4, 0.5) is 4.79 Å². The number of carbonyl (C=O) groups excluding carboxylic acids is 2. The largest absolute Gasteiger partial charge is 0.322 e. The molecule has 1 unspecified atom stereocenters. The van der Waals surface area contributed by atoms with E-state index in [1.54, 1.807) is 6.92 Å². The van der Waals surface area contributed by atoms with E-state index in [4.69, 9.17) is 0 Å². The van der Waals surface area contributed by atoms with Crippen molar-refractivity contribution in [3.05, 3.63) is 33.8 Å². The summed E-state index contributed by atoms with van der Waals surface area (Å²) >= 11 is 3.41. The highest BCUT2D eigenvalue weighted by atomic mass is 79.9. The number of hydrogen-bond donors (Lipinski definition) is 2. The fraction of sp³-hybridized carbons (Fsp3) is 0.273. The standard InChI is InChI=1S/C11H11BrN2O2/c1-6-3-4-7(5-8(6)12)11(2)9(15)13-10(16)14-11/h3-5H,1-2H3,(H2,13,14,15,16). The van der Waals surface area contributed by atoms with E-state index in [0.29, 0.717) is 0 Å². The lowest BCUT2D eigenvalue weighted by Crippen LogP contribution is -2.40. The molecule has 0 aliphatic carbocycles.